The number of benzene rings is 3. The predicted molar refractivity (Wildman–Crippen MR) is 162 cm³/mol. The molecule has 0 aliphatic heterocycles. The summed E-state index contributed by atoms with van der Waals surface area (Å²) in [6, 6.07) is 36.3. The number of nitrogens with one attached hydrogen (secondary N) is 1. The lowest BCUT2D eigenvalue weighted by atomic mass is 10.2. The number of hydrogen-bond acceptors (Lipinski definition) is 5. The molecule has 3 heterocycles. The Morgan fingerprint density at radius 1 is 0.825 bits per heavy atom. The van der Waals surface area contributed by atoms with E-state index < -0.39 is 0 Å². The zero-order chi connectivity index (χ0) is 27.1. The van der Waals surface area contributed by atoms with Crippen LogP contribution >= 0.6 is 11.3 Å². The van der Waals surface area contributed by atoms with Crippen LogP contribution in [0.25, 0.3) is 16.2 Å². The number of nitrogens with zero attached hydrogens (tertiary/aromatic N) is 2. The topological polar surface area (TPSA) is 47.8 Å². The first-order valence-corrected chi connectivity index (χ1v) is 13.8. The van der Waals surface area contributed by atoms with E-state index in [1.807, 2.05) is 85.1 Å². The van der Waals surface area contributed by atoms with Crippen LogP contribution in [0.15, 0.2) is 115 Å². The van der Waals surface area contributed by atoms with Gasteiger partial charge >= 0.3 is 0 Å². The van der Waals surface area contributed by atoms with Crippen molar-refractivity contribution in [1.82, 2.24) is 9.38 Å². The van der Waals surface area contributed by atoms with Gasteiger partial charge in [-0.25, -0.2) is 4.98 Å². The van der Waals surface area contributed by atoms with Gasteiger partial charge < -0.3 is 14.8 Å². The van der Waals surface area contributed by atoms with E-state index in [1.165, 1.54) is 0 Å². The Morgan fingerprint density at radius 2 is 1.62 bits per heavy atom. The van der Waals surface area contributed by atoms with Crippen molar-refractivity contribution in [2.45, 2.75) is 13.2 Å². The first-order chi connectivity index (χ1) is 19.8. The molecule has 0 saturated carbocycles. The van der Waals surface area contributed by atoms with Crippen LogP contribution < -0.4 is 14.8 Å². The highest BCUT2D eigenvalue weighted by atomic mass is 32.1. The molecule has 0 spiro atoms. The van der Waals surface area contributed by atoms with Gasteiger partial charge in [-0.1, -0.05) is 72.5 Å². The standard InChI is InChI=1S/C34H27N3O2S/c1-38-28-15-8-14-27(22-28)23-35-34-32(31-20-19-29(40-31)18-17-25-10-4-2-5-11-25)36-33-30(16-9-21-37(33)34)39-24-26-12-6-3-7-13-26/h2-16,19-22,35H,23-24H2,1H3. The molecule has 0 radical (unpaired) electrons. The lowest BCUT2D eigenvalue weighted by Crippen LogP contribution is -2.04. The molecule has 6 aromatic rings. The highest BCUT2D eigenvalue weighted by molar-refractivity contribution is 7.16. The number of fused-ring (bicyclic) bond motifs is 1. The van der Waals surface area contributed by atoms with Crippen molar-refractivity contribution in [2.75, 3.05) is 12.4 Å². The molecule has 40 heavy (non-hydrogen) atoms. The molecule has 3 aromatic carbocycles. The Hall–Kier alpha value is -4.99. The molecular weight excluding hydrogens is 514 g/mol. The second-order valence-electron chi connectivity index (χ2n) is 9.13. The molecule has 0 unspecified atom stereocenters. The van der Waals surface area contributed by atoms with Gasteiger partial charge in [-0.05, 0) is 59.7 Å². The Morgan fingerprint density at radius 3 is 2.45 bits per heavy atom. The van der Waals surface area contributed by atoms with E-state index in [9.17, 15) is 0 Å². The Balaban J connectivity index is 1.36. The Labute approximate surface area is 237 Å². The maximum Gasteiger partial charge on any atom is 0.182 e. The molecule has 5 nitrogen and oxygen atoms in total. The van der Waals surface area contributed by atoms with Gasteiger partial charge in [-0.2, -0.15) is 0 Å². The van der Waals surface area contributed by atoms with Crippen molar-refractivity contribution in [3.05, 3.63) is 137 Å². The van der Waals surface area contributed by atoms with Crippen LogP contribution in [-0.2, 0) is 13.2 Å². The van der Waals surface area contributed by atoms with Gasteiger partial charge in [0.15, 0.2) is 11.4 Å². The third-order valence-corrected chi connectivity index (χ3v) is 7.40. The van der Waals surface area contributed by atoms with Crippen LogP contribution in [0.3, 0.4) is 0 Å². The van der Waals surface area contributed by atoms with Crippen LogP contribution in [0.2, 0.25) is 0 Å². The average molecular weight is 542 g/mol. The molecule has 6 rings (SSSR count). The maximum atomic E-state index is 6.25. The van der Waals surface area contributed by atoms with Gasteiger partial charge in [0.05, 0.1) is 16.9 Å². The average Bonchev–Trinajstić information content (AvgIpc) is 3.64. The van der Waals surface area contributed by atoms with Crippen LogP contribution in [-0.4, -0.2) is 16.5 Å². The number of aromatic nitrogens is 2. The van der Waals surface area contributed by atoms with E-state index >= 15 is 0 Å². The SMILES string of the molecule is COc1cccc(CNc2c(-c3ccc(C#Cc4ccccc4)s3)nc3c(OCc4ccccc4)cccn23)c1. The molecule has 196 valence electrons. The van der Waals surface area contributed by atoms with Gasteiger partial charge in [0.1, 0.15) is 23.9 Å². The molecular formula is C34H27N3O2S. The number of rotatable bonds is 8. The summed E-state index contributed by atoms with van der Waals surface area (Å²) >= 11 is 1.63. The molecule has 6 heteroatoms. The summed E-state index contributed by atoms with van der Waals surface area (Å²) < 4.78 is 13.7. The summed E-state index contributed by atoms with van der Waals surface area (Å²) in [6.07, 6.45) is 2.01. The molecule has 0 amide bonds. The monoisotopic (exact) mass is 541 g/mol. The summed E-state index contributed by atoms with van der Waals surface area (Å²) in [6.45, 7) is 1.08. The number of hydrogen-bond donors (Lipinski definition) is 1. The van der Waals surface area contributed by atoms with Crippen LogP contribution in [0, 0.1) is 11.8 Å². The summed E-state index contributed by atoms with van der Waals surface area (Å²) in [5.41, 5.74) is 4.82. The molecule has 0 bridgehead atoms. The van der Waals surface area contributed by atoms with Gasteiger partial charge in [0.25, 0.3) is 0 Å². The number of ether oxygens (including phenoxy) is 2. The van der Waals surface area contributed by atoms with E-state index in [0.29, 0.717) is 13.2 Å². The zero-order valence-corrected chi connectivity index (χ0v) is 22.8. The van der Waals surface area contributed by atoms with Crippen molar-refractivity contribution in [2.24, 2.45) is 0 Å². The van der Waals surface area contributed by atoms with Gasteiger partial charge in [0, 0.05) is 18.3 Å². The Bertz CT molecular complexity index is 1800. The summed E-state index contributed by atoms with van der Waals surface area (Å²) in [4.78, 5) is 7.10. The molecule has 0 aliphatic rings. The van der Waals surface area contributed by atoms with E-state index in [4.69, 9.17) is 14.5 Å². The number of methoxy groups -OCH3 is 1. The van der Waals surface area contributed by atoms with Gasteiger partial charge in [-0.3, -0.25) is 4.40 Å². The summed E-state index contributed by atoms with van der Waals surface area (Å²) in [7, 11) is 1.68. The van der Waals surface area contributed by atoms with Crippen molar-refractivity contribution >= 4 is 22.8 Å². The summed E-state index contributed by atoms with van der Waals surface area (Å²) in [5, 5.41) is 3.63. The zero-order valence-electron chi connectivity index (χ0n) is 22.0. The van der Waals surface area contributed by atoms with Crippen LogP contribution in [0.4, 0.5) is 5.82 Å². The molecule has 3 aromatic heterocycles. The van der Waals surface area contributed by atoms with Crippen LogP contribution in [0.1, 0.15) is 21.6 Å². The van der Waals surface area contributed by atoms with Crippen molar-refractivity contribution in [1.29, 1.82) is 0 Å². The number of pyridine rings is 1. The second kappa shape index (κ2) is 11.8. The fourth-order valence-corrected chi connectivity index (χ4v) is 5.24. The molecule has 0 fully saturated rings. The molecule has 1 N–H and O–H groups in total. The quantitative estimate of drug-likeness (QED) is 0.201. The second-order valence-corrected chi connectivity index (χ2v) is 10.2. The number of imidazole rings is 1. The third-order valence-electron chi connectivity index (χ3n) is 6.39. The van der Waals surface area contributed by atoms with Crippen molar-refractivity contribution < 1.29 is 9.47 Å². The first kappa shape index (κ1) is 25.3. The third kappa shape index (κ3) is 5.70. The molecule has 0 aliphatic carbocycles. The smallest absolute Gasteiger partial charge is 0.182 e. The minimum atomic E-state index is 0.466. The van der Waals surface area contributed by atoms with Gasteiger partial charge in [0.2, 0.25) is 0 Å². The maximum absolute atomic E-state index is 6.25. The van der Waals surface area contributed by atoms with Crippen molar-refractivity contribution in [3.8, 4) is 33.9 Å². The van der Waals surface area contributed by atoms with Crippen molar-refractivity contribution in [3.63, 3.8) is 0 Å². The lowest BCUT2D eigenvalue weighted by molar-refractivity contribution is 0.308. The largest absolute Gasteiger partial charge is 0.497 e. The fraction of sp³-hybridized carbons (Fsp3) is 0.0882. The highest BCUT2D eigenvalue weighted by Crippen LogP contribution is 2.36. The van der Waals surface area contributed by atoms with Gasteiger partial charge in [-0.15, -0.1) is 11.3 Å². The Kier molecular flexibility index (Phi) is 7.47. The van der Waals surface area contributed by atoms with E-state index in [0.717, 1.165) is 55.1 Å². The van der Waals surface area contributed by atoms with E-state index in [2.05, 4.69) is 51.9 Å². The summed E-state index contributed by atoms with van der Waals surface area (Å²) in [5.74, 6) is 9.00. The van der Waals surface area contributed by atoms with E-state index in [1.54, 1.807) is 18.4 Å². The minimum Gasteiger partial charge on any atom is -0.497 e. The fourth-order valence-electron chi connectivity index (χ4n) is 4.39. The predicted octanol–water partition coefficient (Wildman–Crippen LogP) is 7.66. The number of thiophene rings is 1. The molecule has 0 saturated heterocycles. The minimum absolute atomic E-state index is 0.466. The molecule has 0 atom stereocenters. The lowest BCUT2D eigenvalue weighted by Gasteiger charge is -2.11. The highest BCUT2D eigenvalue weighted by Gasteiger charge is 2.18. The van der Waals surface area contributed by atoms with E-state index in [-0.39, 0.29) is 0 Å². The number of anilines is 1. The van der Waals surface area contributed by atoms with Crippen LogP contribution in [0.5, 0.6) is 11.5 Å². The normalized spacial score (nSPS) is 10.6. The first-order valence-electron chi connectivity index (χ1n) is 13.0.